The van der Waals surface area contributed by atoms with Gasteiger partial charge in [0.15, 0.2) is 0 Å². The third kappa shape index (κ3) is 2.26. The topological polar surface area (TPSA) is 3.24 Å². The summed E-state index contributed by atoms with van der Waals surface area (Å²) in [4.78, 5) is 2.38. The van der Waals surface area contributed by atoms with Gasteiger partial charge in [-0.3, -0.25) is 4.90 Å². The molecule has 2 bridgehead atoms. The molecule has 0 aromatic heterocycles. The number of benzene rings is 1. The maximum absolute atomic E-state index is 12.7. The highest BCUT2D eigenvalue weighted by Gasteiger charge is 2.35. The smallest absolute Gasteiger partial charge is 0.297 e. The minimum Gasteiger partial charge on any atom is -0.297 e. The fourth-order valence-electron chi connectivity index (χ4n) is 3.44. The summed E-state index contributed by atoms with van der Waals surface area (Å²) in [5.74, 6) is 0. The number of nitrogens with zero attached hydrogens (tertiary/aromatic N) is 1. The lowest BCUT2D eigenvalue weighted by atomic mass is 9.91. The molecule has 0 amide bonds. The van der Waals surface area contributed by atoms with E-state index in [0.717, 1.165) is 24.0 Å². The quantitative estimate of drug-likeness (QED) is 0.743. The van der Waals surface area contributed by atoms with Gasteiger partial charge in [-0.1, -0.05) is 12.1 Å². The van der Waals surface area contributed by atoms with Gasteiger partial charge in [-0.25, -0.2) is 0 Å². The molecular weight excluding hydrogens is 263 g/mol. The number of halogens is 3. The fourth-order valence-corrected chi connectivity index (χ4v) is 3.44. The Bertz CT molecular complexity index is 559. The lowest BCUT2D eigenvalue weighted by molar-refractivity contribution is -0.137. The first-order valence-electron chi connectivity index (χ1n) is 6.97. The summed E-state index contributed by atoms with van der Waals surface area (Å²) in [6.07, 6.45) is 1.26. The average molecular weight is 281 g/mol. The zero-order valence-corrected chi connectivity index (χ0v) is 11.7. The maximum Gasteiger partial charge on any atom is 0.416 e. The lowest BCUT2D eigenvalue weighted by Gasteiger charge is -2.31. The summed E-state index contributed by atoms with van der Waals surface area (Å²) in [7, 11) is 2.13. The average Bonchev–Trinajstić information content (AvgIpc) is 2.61. The Labute approximate surface area is 117 Å². The molecule has 0 aliphatic carbocycles. The molecule has 1 aromatic rings. The summed E-state index contributed by atoms with van der Waals surface area (Å²) >= 11 is 0. The molecule has 20 heavy (non-hydrogen) atoms. The predicted molar refractivity (Wildman–Crippen MR) is 73.3 cm³/mol. The van der Waals surface area contributed by atoms with Crippen molar-refractivity contribution >= 4 is 5.57 Å². The van der Waals surface area contributed by atoms with Gasteiger partial charge in [0, 0.05) is 12.1 Å². The number of rotatable bonds is 1. The van der Waals surface area contributed by atoms with E-state index in [0.29, 0.717) is 12.1 Å². The molecule has 3 rings (SSSR count). The molecule has 1 fully saturated rings. The van der Waals surface area contributed by atoms with Gasteiger partial charge in [0.05, 0.1) is 5.56 Å². The van der Waals surface area contributed by atoms with E-state index in [2.05, 4.69) is 18.0 Å². The van der Waals surface area contributed by atoms with Crippen molar-refractivity contribution in [2.75, 3.05) is 7.05 Å². The van der Waals surface area contributed by atoms with Crippen LogP contribution in [0.1, 0.15) is 36.0 Å². The molecule has 0 saturated carbocycles. The zero-order chi connectivity index (χ0) is 14.5. The Morgan fingerprint density at radius 1 is 1.20 bits per heavy atom. The lowest BCUT2D eigenvalue weighted by Crippen LogP contribution is -2.34. The molecule has 1 aromatic carbocycles. The second-order valence-corrected chi connectivity index (χ2v) is 5.89. The Kier molecular flexibility index (Phi) is 3.16. The van der Waals surface area contributed by atoms with Crippen LogP contribution in [0.4, 0.5) is 13.2 Å². The molecule has 0 N–H and O–H groups in total. The Morgan fingerprint density at radius 3 is 2.55 bits per heavy atom. The van der Waals surface area contributed by atoms with Crippen LogP contribution < -0.4 is 0 Å². The molecular formula is C16H18F3N. The van der Waals surface area contributed by atoms with Gasteiger partial charge in [-0.05, 0) is 62.1 Å². The first-order valence-corrected chi connectivity index (χ1v) is 6.97. The summed E-state index contributed by atoms with van der Waals surface area (Å²) in [5.41, 5.74) is 2.34. The van der Waals surface area contributed by atoms with Gasteiger partial charge in [0.2, 0.25) is 0 Å². The van der Waals surface area contributed by atoms with Crippen molar-refractivity contribution in [1.82, 2.24) is 4.90 Å². The molecule has 2 unspecified atom stereocenters. The Balaban J connectivity index is 1.94. The summed E-state index contributed by atoms with van der Waals surface area (Å²) in [6.45, 7) is 1.77. The first kappa shape index (κ1) is 13.7. The van der Waals surface area contributed by atoms with Gasteiger partial charge in [0.25, 0.3) is 0 Å². The van der Waals surface area contributed by atoms with Crippen LogP contribution >= 0.6 is 0 Å². The van der Waals surface area contributed by atoms with Crippen molar-refractivity contribution in [3.05, 3.63) is 41.0 Å². The van der Waals surface area contributed by atoms with E-state index < -0.39 is 11.7 Å². The van der Waals surface area contributed by atoms with Crippen LogP contribution in [0.15, 0.2) is 24.3 Å². The van der Waals surface area contributed by atoms with E-state index in [4.69, 9.17) is 0 Å². The molecule has 0 spiro atoms. The van der Waals surface area contributed by atoms with Gasteiger partial charge < -0.3 is 0 Å². The van der Waals surface area contributed by atoms with Crippen molar-refractivity contribution in [3.63, 3.8) is 0 Å². The van der Waals surface area contributed by atoms with Crippen LogP contribution in [-0.4, -0.2) is 24.0 Å². The molecule has 108 valence electrons. The Hall–Kier alpha value is -1.29. The molecule has 2 atom stereocenters. The SMILES string of the molecule is Cc1cc(C(F)(F)F)ccc1C1=CC2CCC(C1)N2C. The zero-order valence-electron chi connectivity index (χ0n) is 11.7. The third-order valence-corrected chi connectivity index (χ3v) is 4.64. The maximum atomic E-state index is 12.7. The minimum absolute atomic E-state index is 0.449. The number of aryl methyl sites for hydroxylation is 1. The highest BCUT2D eigenvalue weighted by atomic mass is 19.4. The van der Waals surface area contributed by atoms with Gasteiger partial charge in [-0.2, -0.15) is 13.2 Å². The molecule has 1 nitrogen and oxygen atoms in total. The number of fused-ring (bicyclic) bond motifs is 2. The van der Waals surface area contributed by atoms with E-state index in [1.807, 2.05) is 0 Å². The van der Waals surface area contributed by atoms with Gasteiger partial charge >= 0.3 is 6.18 Å². The van der Waals surface area contributed by atoms with E-state index in [1.165, 1.54) is 24.1 Å². The molecule has 2 aliphatic heterocycles. The van der Waals surface area contributed by atoms with E-state index >= 15 is 0 Å². The van der Waals surface area contributed by atoms with Gasteiger partial charge in [0.1, 0.15) is 0 Å². The second-order valence-electron chi connectivity index (χ2n) is 5.89. The van der Waals surface area contributed by atoms with Crippen LogP contribution in [0.25, 0.3) is 5.57 Å². The summed E-state index contributed by atoms with van der Waals surface area (Å²) in [6, 6.07) is 5.08. The number of alkyl halides is 3. The number of likely N-dealkylation sites (N-methyl/N-ethyl adjacent to an activating group) is 1. The second kappa shape index (κ2) is 4.62. The van der Waals surface area contributed by atoms with Crippen molar-refractivity contribution < 1.29 is 13.2 Å². The highest BCUT2D eigenvalue weighted by Crippen LogP contribution is 2.39. The predicted octanol–water partition coefficient (Wildman–Crippen LogP) is 4.26. The van der Waals surface area contributed by atoms with Crippen LogP contribution in [0.5, 0.6) is 0 Å². The van der Waals surface area contributed by atoms with Crippen LogP contribution in [-0.2, 0) is 6.18 Å². The van der Waals surface area contributed by atoms with E-state index in [9.17, 15) is 13.2 Å². The van der Waals surface area contributed by atoms with Crippen LogP contribution in [0.2, 0.25) is 0 Å². The first-order chi connectivity index (χ1) is 9.36. The van der Waals surface area contributed by atoms with Gasteiger partial charge in [-0.15, -0.1) is 0 Å². The van der Waals surface area contributed by atoms with Crippen molar-refractivity contribution in [2.45, 2.75) is 44.4 Å². The Morgan fingerprint density at radius 2 is 1.95 bits per heavy atom. The van der Waals surface area contributed by atoms with Crippen molar-refractivity contribution in [1.29, 1.82) is 0 Å². The summed E-state index contributed by atoms with van der Waals surface area (Å²) in [5, 5.41) is 0. The minimum atomic E-state index is -4.26. The molecule has 0 radical (unpaired) electrons. The highest BCUT2D eigenvalue weighted by molar-refractivity contribution is 5.70. The largest absolute Gasteiger partial charge is 0.416 e. The normalized spacial score (nSPS) is 26.8. The van der Waals surface area contributed by atoms with Crippen molar-refractivity contribution in [3.8, 4) is 0 Å². The number of hydrogen-bond acceptors (Lipinski definition) is 1. The van der Waals surface area contributed by atoms with E-state index in [-0.39, 0.29) is 0 Å². The van der Waals surface area contributed by atoms with E-state index in [1.54, 1.807) is 13.0 Å². The fraction of sp³-hybridized carbons (Fsp3) is 0.500. The van der Waals surface area contributed by atoms with Crippen molar-refractivity contribution in [2.24, 2.45) is 0 Å². The standard InChI is InChI=1S/C16H18F3N/c1-10-7-12(16(17,18)19)3-6-15(10)11-8-13-4-5-14(9-11)20(13)2/h3,6-8,13-14H,4-5,9H2,1-2H3. The molecule has 2 aliphatic rings. The monoisotopic (exact) mass is 281 g/mol. The third-order valence-electron chi connectivity index (χ3n) is 4.64. The molecule has 4 heteroatoms. The van der Waals surface area contributed by atoms with Crippen LogP contribution in [0.3, 0.4) is 0 Å². The molecule has 1 saturated heterocycles. The summed E-state index contributed by atoms with van der Waals surface area (Å²) < 4.78 is 38.1. The number of hydrogen-bond donors (Lipinski definition) is 0. The van der Waals surface area contributed by atoms with Crippen LogP contribution in [0, 0.1) is 6.92 Å². The molecule has 2 heterocycles.